The molecule has 1 fully saturated rings. The fourth-order valence-electron chi connectivity index (χ4n) is 5.90. The Morgan fingerprint density at radius 2 is 1.76 bits per heavy atom. The third-order valence-corrected chi connectivity index (χ3v) is 7.56. The molecule has 12 nitrogen and oxygen atoms in total. The summed E-state index contributed by atoms with van der Waals surface area (Å²) in [5.74, 6) is -10.2. The second-order valence-corrected chi connectivity index (χ2v) is 11.1. The minimum atomic E-state index is -2.85. The summed E-state index contributed by atoms with van der Waals surface area (Å²) in [5.41, 5.74) is 1.24. The van der Waals surface area contributed by atoms with Crippen LogP contribution in [0.5, 0.6) is 5.75 Å². The number of nitrogens with one attached hydrogen (secondary N) is 2. The van der Waals surface area contributed by atoms with Crippen LogP contribution in [0.4, 0.5) is 10.5 Å². The number of hydrogen-bond acceptors (Lipinski definition) is 9. The Morgan fingerprint density at radius 3 is 2.32 bits per heavy atom. The van der Waals surface area contributed by atoms with Crippen LogP contribution in [0.1, 0.15) is 56.0 Å². The maximum absolute atomic E-state index is 13.7. The molecule has 12 heteroatoms. The summed E-state index contributed by atoms with van der Waals surface area (Å²) in [7, 11) is 0. The zero-order chi connectivity index (χ0) is 27.8. The van der Waals surface area contributed by atoms with Gasteiger partial charge in [-0.25, -0.2) is 4.79 Å². The van der Waals surface area contributed by atoms with Crippen molar-refractivity contribution in [1.29, 1.82) is 0 Å². The van der Waals surface area contributed by atoms with Gasteiger partial charge in [0, 0.05) is 22.9 Å². The number of aliphatic hydroxyl groups is 4. The third-order valence-electron chi connectivity index (χ3n) is 7.56. The van der Waals surface area contributed by atoms with Crippen molar-refractivity contribution in [3.63, 3.8) is 0 Å². The molecule has 3 aliphatic rings. The molecule has 3 amide bonds. The van der Waals surface area contributed by atoms with Gasteiger partial charge < -0.3 is 41.9 Å². The number of aliphatic hydroxyl groups excluding tert-OH is 3. The first-order chi connectivity index (χ1) is 17.0. The number of benzene rings is 1. The number of urea groups is 1. The van der Waals surface area contributed by atoms with Gasteiger partial charge in [-0.15, -0.1) is 0 Å². The van der Waals surface area contributed by atoms with E-state index in [0.29, 0.717) is 5.56 Å². The second kappa shape index (κ2) is 8.54. The van der Waals surface area contributed by atoms with Gasteiger partial charge in [0.15, 0.2) is 22.9 Å². The molecule has 7 atom stereocenters. The first-order valence-electron chi connectivity index (χ1n) is 11.9. The minimum absolute atomic E-state index is 0.0989. The number of amides is 3. The molecule has 0 saturated heterocycles. The van der Waals surface area contributed by atoms with Crippen molar-refractivity contribution in [2.24, 2.45) is 23.5 Å². The lowest BCUT2D eigenvalue weighted by atomic mass is 9.54. The molecule has 37 heavy (non-hydrogen) atoms. The maximum atomic E-state index is 13.7. The SMILES string of the molecule is C[C@H]1c2ccc(NC(=O)NC(C)(C)C)c(O)c2C(=O)C2=C(O)[C@]3(O)C(=O)C(C(N)=O)C(O)C[C@@H]3[C@@H](O)[C@@H]21. The lowest BCUT2D eigenvalue weighted by molar-refractivity contribution is -0.179. The number of Topliss-reactive ketones (excluding diaryl/α,β-unsaturated/α-hetero) is 2. The standard InChI is InChI=1S/C25H31N3O9/c1-8-9-5-6-11(27-23(36)28-24(2,3)4)18(31)14(9)19(32)16-13(8)17(30)10-7-12(29)15(22(26)35)20(33)25(10,37)21(16)34/h5-6,8,10,12-13,15,17,29-31,34,37H,7H2,1-4H3,(H2,26,35)(H2,27,28,36)/t8-,10+,12?,13+,15?,17+,25+/m0/s1. The van der Waals surface area contributed by atoms with E-state index in [9.17, 15) is 44.7 Å². The highest BCUT2D eigenvalue weighted by Gasteiger charge is 2.66. The molecule has 9 N–H and O–H groups in total. The van der Waals surface area contributed by atoms with E-state index in [-0.39, 0.29) is 11.3 Å². The topological polar surface area (TPSA) is 220 Å². The van der Waals surface area contributed by atoms with Crippen LogP contribution in [-0.4, -0.2) is 72.4 Å². The molecule has 0 radical (unpaired) electrons. The van der Waals surface area contributed by atoms with Gasteiger partial charge in [-0.3, -0.25) is 14.4 Å². The van der Waals surface area contributed by atoms with Crippen LogP contribution in [0.25, 0.3) is 0 Å². The van der Waals surface area contributed by atoms with Gasteiger partial charge in [0.2, 0.25) is 5.91 Å². The first kappa shape index (κ1) is 26.6. The Hall–Kier alpha value is -3.48. The Kier molecular flexibility index (Phi) is 6.13. The van der Waals surface area contributed by atoms with Crippen molar-refractivity contribution in [2.75, 3.05) is 5.32 Å². The van der Waals surface area contributed by atoms with Gasteiger partial charge in [-0.2, -0.15) is 0 Å². The van der Waals surface area contributed by atoms with Gasteiger partial charge in [0.05, 0.1) is 23.5 Å². The van der Waals surface area contributed by atoms with Gasteiger partial charge in [-0.1, -0.05) is 13.0 Å². The zero-order valence-corrected chi connectivity index (χ0v) is 20.8. The summed E-state index contributed by atoms with van der Waals surface area (Å²) < 4.78 is 0. The highest BCUT2D eigenvalue weighted by atomic mass is 16.4. The number of nitrogens with two attached hydrogens (primary N) is 1. The number of carbonyl (C=O) groups excluding carboxylic acids is 4. The molecule has 0 bridgehead atoms. The molecular weight excluding hydrogens is 486 g/mol. The molecule has 200 valence electrons. The number of carbonyl (C=O) groups is 4. The van der Waals surface area contributed by atoms with Gasteiger partial charge in [0.1, 0.15) is 11.7 Å². The monoisotopic (exact) mass is 517 g/mol. The van der Waals surface area contributed by atoms with E-state index in [4.69, 9.17) is 5.73 Å². The molecule has 2 unspecified atom stereocenters. The van der Waals surface area contributed by atoms with Crippen LogP contribution in [0, 0.1) is 17.8 Å². The summed E-state index contributed by atoms with van der Waals surface area (Å²) >= 11 is 0. The third kappa shape index (κ3) is 3.87. The average molecular weight is 518 g/mol. The first-order valence-corrected chi connectivity index (χ1v) is 11.9. The predicted molar refractivity (Wildman–Crippen MR) is 129 cm³/mol. The highest BCUT2D eigenvalue weighted by Crippen LogP contribution is 2.55. The number of primary amides is 1. The van der Waals surface area contributed by atoms with E-state index >= 15 is 0 Å². The van der Waals surface area contributed by atoms with Crippen LogP contribution in [0.2, 0.25) is 0 Å². The molecule has 4 rings (SSSR count). The number of rotatable bonds is 2. The second-order valence-electron chi connectivity index (χ2n) is 11.1. The number of anilines is 1. The molecule has 0 aromatic heterocycles. The van der Waals surface area contributed by atoms with Gasteiger partial charge in [0.25, 0.3) is 0 Å². The van der Waals surface area contributed by atoms with E-state index in [2.05, 4.69) is 10.6 Å². The molecular formula is C25H31N3O9. The molecule has 0 aliphatic heterocycles. The van der Waals surface area contributed by atoms with E-state index in [0.717, 1.165) is 0 Å². The molecule has 0 heterocycles. The molecule has 1 aromatic rings. The Labute approximate surface area is 212 Å². The number of ketones is 2. The van der Waals surface area contributed by atoms with Crippen LogP contribution in [0.3, 0.4) is 0 Å². The van der Waals surface area contributed by atoms with Crippen LogP contribution < -0.4 is 16.4 Å². The summed E-state index contributed by atoms with van der Waals surface area (Å²) in [6, 6.07) is 2.24. The van der Waals surface area contributed by atoms with Crippen molar-refractivity contribution in [3.8, 4) is 5.75 Å². The Morgan fingerprint density at radius 1 is 1.14 bits per heavy atom. The molecule has 0 spiro atoms. The number of fused-ring (bicyclic) bond motifs is 3. The lowest BCUT2D eigenvalue weighted by Gasteiger charge is -2.52. The van der Waals surface area contributed by atoms with Crippen molar-refractivity contribution in [1.82, 2.24) is 5.32 Å². The largest absolute Gasteiger partial charge is 0.508 e. The van der Waals surface area contributed by atoms with Gasteiger partial charge >= 0.3 is 6.03 Å². The zero-order valence-electron chi connectivity index (χ0n) is 20.8. The number of phenolic OH excluding ortho intramolecular Hbond substituents is 1. The summed E-state index contributed by atoms with van der Waals surface area (Å²) in [6.07, 6.45) is -3.61. The summed E-state index contributed by atoms with van der Waals surface area (Å²) in [4.78, 5) is 51.0. The fraction of sp³-hybridized carbons (Fsp3) is 0.520. The van der Waals surface area contributed by atoms with E-state index in [1.165, 1.54) is 12.1 Å². The quantitative estimate of drug-likeness (QED) is 0.198. The normalized spacial score (nSPS) is 33.3. The van der Waals surface area contributed by atoms with Crippen molar-refractivity contribution < 1.29 is 44.7 Å². The Balaban J connectivity index is 1.84. The Bertz CT molecular complexity index is 1250. The van der Waals surface area contributed by atoms with E-state index in [1.807, 2.05) is 0 Å². The summed E-state index contributed by atoms with van der Waals surface area (Å²) in [6.45, 7) is 6.88. The minimum Gasteiger partial charge on any atom is -0.508 e. The number of aromatic hydroxyl groups is 1. The van der Waals surface area contributed by atoms with Crippen molar-refractivity contribution in [2.45, 2.75) is 63.4 Å². The van der Waals surface area contributed by atoms with Crippen molar-refractivity contribution in [3.05, 3.63) is 34.6 Å². The van der Waals surface area contributed by atoms with Crippen LogP contribution in [-0.2, 0) is 9.59 Å². The highest BCUT2D eigenvalue weighted by molar-refractivity contribution is 6.16. The average Bonchev–Trinajstić information content (AvgIpc) is 2.76. The lowest BCUT2D eigenvalue weighted by Crippen LogP contribution is -2.67. The van der Waals surface area contributed by atoms with Crippen LogP contribution in [0.15, 0.2) is 23.5 Å². The fourth-order valence-corrected chi connectivity index (χ4v) is 5.90. The van der Waals surface area contributed by atoms with E-state index in [1.54, 1.807) is 27.7 Å². The van der Waals surface area contributed by atoms with Crippen molar-refractivity contribution >= 4 is 29.2 Å². The molecule has 1 aromatic carbocycles. The van der Waals surface area contributed by atoms with Gasteiger partial charge in [-0.05, 0) is 44.7 Å². The van der Waals surface area contributed by atoms with Crippen LogP contribution >= 0.6 is 0 Å². The van der Waals surface area contributed by atoms with E-state index < -0.39 is 94.0 Å². The maximum Gasteiger partial charge on any atom is 0.319 e. The number of phenols is 1. The number of hydrogen-bond donors (Lipinski definition) is 8. The smallest absolute Gasteiger partial charge is 0.319 e. The predicted octanol–water partition coefficient (Wildman–Crippen LogP) is 0.197. The summed E-state index contributed by atoms with van der Waals surface area (Å²) in [5, 5.41) is 60.2. The molecule has 1 saturated carbocycles. The molecule has 3 aliphatic carbocycles.